The summed E-state index contributed by atoms with van der Waals surface area (Å²) in [5.41, 5.74) is 0. The molecule has 11 heteroatoms. The molecule has 0 amide bonds. The number of methoxy groups -OCH3 is 1. The Morgan fingerprint density at radius 2 is 1.46 bits per heavy atom. The summed E-state index contributed by atoms with van der Waals surface area (Å²) in [5, 5.41) is 68.4. The lowest BCUT2D eigenvalue weighted by Gasteiger charge is -2.45. The number of hydrogen-bond donors (Lipinski definition) is 7. The fraction of sp³-hybridized carbons (Fsp3) is 1.00. The van der Waals surface area contributed by atoms with Gasteiger partial charge in [-0.15, -0.1) is 0 Å². The van der Waals surface area contributed by atoms with E-state index >= 15 is 0 Å². The summed E-state index contributed by atoms with van der Waals surface area (Å²) in [6, 6.07) is 0. The Hall–Kier alpha value is -0.440. The summed E-state index contributed by atoms with van der Waals surface area (Å²) >= 11 is 0. The van der Waals surface area contributed by atoms with Crippen LogP contribution in [-0.4, -0.2) is 117 Å². The van der Waals surface area contributed by atoms with E-state index in [2.05, 4.69) is 0 Å². The van der Waals surface area contributed by atoms with Gasteiger partial charge in [-0.1, -0.05) is 0 Å². The summed E-state index contributed by atoms with van der Waals surface area (Å²) in [6.07, 6.45) is -14.9. The molecule has 2 aliphatic rings. The predicted octanol–water partition coefficient (Wildman–Crippen LogP) is -4.74. The molecule has 142 valence electrons. The van der Waals surface area contributed by atoms with Crippen LogP contribution in [0.3, 0.4) is 0 Å². The minimum atomic E-state index is -1.73. The molecule has 0 aromatic rings. The van der Waals surface area contributed by atoms with Crippen molar-refractivity contribution in [3.8, 4) is 0 Å². The first-order valence-corrected chi connectivity index (χ1v) is 7.46. The fourth-order valence-electron chi connectivity index (χ4n) is 2.71. The molecule has 0 saturated carbocycles. The zero-order valence-electron chi connectivity index (χ0n) is 13.0. The van der Waals surface area contributed by atoms with Crippen LogP contribution in [0, 0.1) is 0 Å². The maximum atomic E-state index is 10.1. The van der Waals surface area contributed by atoms with Gasteiger partial charge in [0.2, 0.25) is 0 Å². The summed E-state index contributed by atoms with van der Waals surface area (Å²) in [6.45, 7) is -0.752. The monoisotopic (exact) mass is 356 g/mol. The summed E-state index contributed by atoms with van der Waals surface area (Å²) in [7, 11) is 1.34. The van der Waals surface area contributed by atoms with Crippen LogP contribution < -0.4 is 0 Å². The van der Waals surface area contributed by atoms with Crippen LogP contribution in [0.4, 0.5) is 0 Å². The number of aliphatic hydroxyl groups is 7. The number of hydrogen-bond acceptors (Lipinski definition) is 11. The molecule has 2 rings (SSSR count). The van der Waals surface area contributed by atoms with Crippen molar-refractivity contribution in [3.05, 3.63) is 0 Å². The van der Waals surface area contributed by atoms with E-state index in [-0.39, 0.29) is 6.61 Å². The first-order chi connectivity index (χ1) is 11.3. The SMILES string of the molecule is COCC1OC(OC2C(O)C(O)OC(CO)C2O)C(O)C(O)C1O. The second-order valence-electron chi connectivity index (χ2n) is 5.80. The average molecular weight is 356 g/mol. The molecule has 11 nitrogen and oxygen atoms in total. The smallest absolute Gasteiger partial charge is 0.187 e. The first kappa shape index (κ1) is 19.9. The lowest BCUT2D eigenvalue weighted by atomic mass is 9.97. The van der Waals surface area contributed by atoms with Gasteiger partial charge in [0.25, 0.3) is 0 Å². The highest BCUT2D eigenvalue weighted by Crippen LogP contribution is 2.28. The topological polar surface area (TPSA) is 179 Å². The molecule has 0 radical (unpaired) electrons. The first-order valence-electron chi connectivity index (χ1n) is 7.46. The van der Waals surface area contributed by atoms with Crippen molar-refractivity contribution in [3.63, 3.8) is 0 Å². The van der Waals surface area contributed by atoms with Gasteiger partial charge in [0, 0.05) is 7.11 Å². The molecule has 0 aliphatic carbocycles. The van der Waals surface area contributed by atoms with Crippen molar-refractivity contribution in [2.75, 3.05) is 20.3 Å². The third-order valence-corrected chi connectivity index (χ3v) is 4.13. The van der Waals surface area contributed by atoms with E-state index in [4.69, 9.17) is 24.1 Å². The van der Waals surface area contributed by atoms with Gasteiger partial charge in [-0.05, 0) is 0 Å². The molecular formula is C13H24O11. The number of aliphatic hydroxyl groups excluding tert-OH is 7. The molecule has 0 spiro atoms. The van der Waals surface area contributed by atoms with Crippen molar-refractivity contribution in [2.24, 2.45) is 0 Å². The Balaban J connectivity index is 2.11. The quantitative estimate of drug-likeness (QED) is 0.251. The minimum Gasteiger partial charge on any atom is -0.394 e. The van der Waals surface area contributed by atoms with Crippen LogP contribution in [0.5, 0.6) is 0 Å². The molecule has 10 atom stereocenters. The fourth-order valence-corrected chi connectivity index (χ4v) is 2.71. The van der Waals surface area contributed by atoms with Gasteiger partial charge in [-0.2, -0.15) is 0 Å². The van der Waals surface area contributed by atoms with Crippen molar-refractivity contribution >= 4 is 0 Å². The highest BCUT2D eigenvalue weighted by Gasteiger charge is 2.50. The van der Waals surface area contributed by atoms with Gasteiger partial charge in [0.1, 0.15) is 48.8 Å². The van der Waals surface area contributed by atoms with Crippen LogP contribution >= 0.6 is 0 Å². The minimum absolute atomic E-state index is 0.106. The second kappa shape index (κ2) is 8.29. The van der Waals surface area contributed by atoms with E-state index in [0.29, 0.717) is 0 Å². The van der Waals surface area contributed by atoms with Gasteiger partial charge >= 0.3 is 0 Å². The molecule has 2 saturated heterocycles. The van der Waals surface area contributed by atoms with Crippen molar-refractivity contribution in [2.45, 2.75) is 61.4 Å². The average Bonchev–Trinajstić information content (AvgIpc) is 2.56. The molecule has 7 N–H and O–H groups in total. The molecule has 2 heterocycles. The van der Waals surface area contributed by atoms with Gasteiger partial charge in [-0.25, -0.2) is 0 Å². The van der Waals surface area contributed by atoms with E-state index in [1.807, 2.05) is 0 Å². The van der Waals surface area contributed by atoms with Crippen LogP contribution in [0.25, 0.3) is 0 Å². The third kappa shape index (κ3) is 3.86. The summed E-state index contributed by atoms with van der Waals surface area (Å²) in [5.74, 6) is 0. The Morgan fingerprint density at radius 3 is 2.04 bits per heavy atom. The lowest BCUT2D eigenvalue weighted by Crippen LogP contribution is -2.64. The molecule has 0 aromatic heterocycles. The Morgan fingerprint density at radius 1 is 0.792 bits per heavy atom. The maximum Gasteiger partial charge on any atom is 0.187 e. The largest absolute Gasteiger partial charge is 0.394 e. The molecule has 2 fully saturated rings. The highest BCUT2D eigenvalue weighted by molar-refractivity contribution is 4.93. The van der Waals surface area contributed by atoms with Crippen LogP contribution in [0.15, 0.2) is 0 Å². The van der Waals surface area contributed by atoms with Gasteiger partial charge in [0.15, 0.2) is 12.6 Å². The van der Waals surface area contributed by atoms with Gasteiger partial charge in [0.05, 0.1) is 13.2 Å². The second-order valence-corrected chi connectivity index (χ2v) is 5.80. The Bertz CT molecular complexity index is 396. The standard InChI is InChI=1S/C13H24O11/c1-21-3-5-6(15)8(17)9(18)13(23-5)24-11-7(16)4(2-14)22-12(20)10(11)19/h4-20H,2-3H2,1H3. The van der Waals surface area contributed by atoms with E-state index in [1.165, 1.54) is 7.11 Å². The Labute approximate surface area is 137 Å². The normalized spacial score (nSPS) is 50.0. The van der Waals surface area contributed by atoms with Gasteiger partial charge in [-0.3, -0.25) is 0 Å². The predicted molar refractivity (Wildman–Crippen MR) is 73.4 cm³/mol. The third-order valence-electron chi connectivity index (χ3n) is 4.13. The van der Waals surface area contributed by atoms with E-state index in [0.717, 1.165) is 0 Å². The van der Waals surface area contributed by atoms with E-state index in [1.54, 1.807) is 0 Å². The van der Waals surface area contributed by atoms with E-state index in [9.17, 15) is 30.6 Å². The molecule has 0 aromatic carbocycles. The molecule has 24 heavy (non-hydrogen) atoms. The van der Waals surface area contributed by atoms with Crippen LogP contribution in [0.2, 0.25) is 0 Å². The van der Waals surface area contributed by atoms with Crippen molar-refractivity contribution < 1.29 is 54.7 Å². The Kier molecular flexibility index (Phi) is 6.87. The van der Waals surface area contributed by atoms with Gasteiger partial charge < -0.3 is 54.7 Å². The van der Waals surface area contributed by atoms with Crippen LogP contribution in [0.1, 0.15) is 0 Å². The van der Waals surface area contributed by atoms with Crippen LogP contribution in [-0.2, 0) is 18.9 Å². The van der Waals surface area contributed by atoms with Crippen molar-refractivity contribution in [1.29, 1.82) is 0 Å². The van der Waals surface area contributed by atoms with Crippen molar-refractivity contribution in [1.82, 2.24) is 0 Å². The lowest BCUT2D eigenvalue weighted by molar-refractivity contribution is -0.356. The summed E-state index contributed by atoms with van der Waals surface area (Å²) in [4.78, 5) is 0. The molecular weight excluding hydrogens is 332 g/mol. The maximum absolute atomic E-state index is 10.1. The van der Waals surface area contributed by atoms with E-state index < -0.39 is 68.0 Å². The zero-order chi connectivity index (χ0) is 18.0. The highest BCUT2D eigenvalue weighted by atomic mass is 16.7. The summed E-state index contributed by atoms with van der Waals surface area (Å²) < 4.78 is 20.3. The molecule has 0 bridgehead atoms. The molecule has 10 unspecified atom stereocenters. The number of rotatable bonds is 5. The molecule has 2 aliphatic heterocycles. The number of ether oxygens (including phenoxy) is 4. The zero-order valence-corrected chi connectivity index (χ0v) is 13.0.